The highest BCUT2D eigenvalue weighted by Gasteiger charge is 2.01. The molecule has 6 heteroatoms. The van der Waals surface area contributed by atoms with Crippen molar-refractivity contribution in [1.82, 2.24) is 5.43 Å². The van der Waals surface area contributed by atoms with E-state index in [0.717, 1.165) is 13.6 Å². The number of nitrogens with one attached hydrogen (secondary N) is 1. The molecule has 0 aromatic heterocycles. The maximum absolute atomic E-state index is 11.6. The smallest absolute Gasteiger partial charge is 0.277 e. The minimum Gasteiger partial charge on any atom is -0.484 e. The molecular weight excluding hydrogens is 447 g/mol. The summed E-state index contributed by atoms with van der Waals surface area (Å²) < 4.78 is 7.38. The fourth-order valence-electron chi connectivity index (χ4n) is 1.47. The van der Waals surface area contributed by atoms with Gasteiger partial charge in [-0.2, -0.15) is 5.10 Å². The number of hydrogen-bond donors (Lipinski definition) is 1. The van der Waals surface area contributed by atoms with E-state index in [1.807, 2.05) is 48.5 Å². The number of benzene rings is 2. The number of ether oxygens (including phenoxy) is 1. The van der Waals surface area contributed by atoms with Crippen LogP contribution in [0.25, 0.3) is 0 Å². The fraction of sp³-hybridized carbons (Fsp3) is 0.0667. The van der Waals surface area contributed by atoms with Crippen molar-refractivity contribution in [2.75, 3.05) is 6.61 Å². The van der Waals surface area contributed by atoms with Crippen LogP contribution in [0.5, 0.6) is 5.75 Å². The average Bonchev–Trinajstić information content (AvgIpc) is 2.49. The summed E-state index contributed by atoms with van der Waals surface area (Å²) in [5, 5.41) is 3.89. The van der Waals surface area contributed by atoms with Crippen molar-refractivity contribution in [3.8, 4) is 5.75 Å². The molecular formula is C15H12BrIN2O2. The lowest BCUT2D eigenvalue weighted by Gasteiger charge is -2.04. The van der Waals surface area contributed by atoms with E-state index in [0.29, 0.717) is 5.75 Å². The van der Waals surface area contributed by atoms with E-state index in [4.69, 9.17) is 4.74 Å². The zero-order chi connectivity index (χ0) is 15.1. The lowest BCUT2D eigenvalue weighted by molar-refractivity contribution is -0.123. The summed E-state index contributed by atoms with van der Waals surface area (Å²) in [6.45, 7) is -0.0755. The van der Waals surface area contributed by atoms with Gasteiger partial charge in [-0.25, -0.2) is 5.43 Å². The topological polar surface area (TPSA) is 50.7 Å². The first-order valence-corrected chi connectivity index (χ1v) is 7.97. The van der Waals surface area contributed by atoms with Crippen molar-refractivity contribution in [3.05, 3.63) is 62.1 Å². The van der Waals surface area contributed by atoms with Crippen LogP contribution in [0.2, 0.25) is 0 Å². The van der Waals surface area contributed by atoms with Gasteiger partial charge in [0.1, 0.15) is 5.75 Å². The highest BCUT2D eigenvalue weighted by molar-refractivity contribution is 14.1. The molecule has 0 bridgehead atoms. The van der Waals surface area contributed by atoms with Gasteiger partial charge in [0.05, 0.1) is 6.21 Å². The lowest BCUT2D eigenvalue weighted by atomic mass is 10.2. The molecule has 2 aromatic carbocycles. The van der Waals surface area contributed by atoms with Crippen molar-refractivity contribution < 1.29 is 9.53 Å². The molecule has 0 saturated carbocycles. The van der Waals surface area contributed by atoms with Crippen LogP contribution < -0.4 is 10.2 Å². The zero-order valence-electron chi connectivity index (χ0n) is 10.9. The van der Waals surface area contributed by atoms with Gasteiger partial charge in [-0.15, -0.1) is 0 Å². The Morgan fingerprint density at radius 1 is 1.24 bits per heavy atom. The molecule has 0 fully saturated rings. The predicted octanol–water partition coefficient (Wildman–Crippen LogP) is 3.58. The third-order valence-corrected chi connectivity index (χ3v) is 3.92. The second kappa shape index (κ2) is 8.14. The van der Waals surface area contributed by atoms with E-state index >= 15 is 0 Å². The summed E-state index contributed by atoms with van der Waals surface area (Å²) in [5.74, 6) is 0.345. The summed E-state index contributed by atoms with van der Waals surface area (Å²) in [5.41, 5.74) is 3.31. The van der Waals surface area contributed by atoms with Crippen LogP contribution in [0.15, 0.2) is 58.1 Å². The van der Waals surface area contributed by atoms with E-state index in [1.165, 1.54) is 0 Å². The van der Waals surface area contributed by atoms with Gasteiger partial charge in [-0.3, -0.25) is 4.79 Å². The number of hydrogen-bond acceptors (Lipinski definition) is 3. The van der Waals surface area contributed by atoms with Gasteiger partial charge in [0.25, 0.3) is 5.91 Å². The second-order valence-electron chi connectivity index (χ2n) is 4.06. The van der Waals surface area contributed by atoms with Crippen molar-refractivity contribution in [3.63, 3.8) is 0 Å². The number of carbonyl (C=O) groups is 1. The minimum absolute atomic E-state index is 0.0755. The molecule has 4 nitrogen and oxygen atoms in total. The van der Waals surface area contributed by atoms with Crippen LogP contribution in [0.4, 0.5) is 0 Å². The molecule has 0 saturated heterocycles. The first-order valence-electron chi connectivity index (χ1n) is 6.10. The Bertz CT molecular complexity index is 644. The van der Waals surface area contributed by atoms with Gasteiger partial charge < -0.3 is 4.74 Å². The van der Waals surface area contributed by atoms with Crippen LogP contribution in [0.1, 0.15) is 5.56 Å². The Balaban J connectivity index is 1.80. The maximum atomic E-state index is 11.6. The molecule has 2 rings (SSSR count). The van der Waals surface area contributed by atoms with Crippen molar-refractivity contribution >= 4 is 50.6 Å². The Kier molecular flexibility index (Phi) is 6.19. The van der Waals surface area contributed by atoms with Crippen LogP contribution >= 0.6 is 38.5 Å². The SMILES string of the molecule is O=C(COc1ccc(I)cc1)N/N=C/c1ccccc1Br. The summed E-state index contributed by atoms with van der Waals surface area (Å²) >= 11 is 5.61. The third kappa shape index (κ3) is 5.47. The first-order chi connectivity index (χ1) is 10.1. The summed E-state index contributed by atoms with van der Waals surface area (Å²) in [7, 11) is 0. The normalized spacial score (nSPS) is 10.6. The molecule has 0 aliphatic rings. The van der Waals surface area contributed by atoms with E-state index in [9.17, 15) is 4.79 Å². The Labute approximate surface area is 144 Å². The highest BCUT2D eigenvalue weighted by Crippen LogP contribution is 2.14. The van der Waals surface area contributed by atoms with Crippen LogP contribution in [0, 0.1) is 3.57 Å². The molecule has 1 amide bonds. The Morgan fingerprint density at radius 2 is 1.95 bits per heavy atom. The predicted molar refractivity (Wildman–Crippen MR) is 94.5 cm³/mol. The van der Waals surface area contributed by atoms with Crippen LogP contribution in [-0.4, -0.2) is 18.7 Å². The van der Waals surface area contributed by atoms with Gasteiger partial charge in [0.15, 0.2) is 6.61 Å². The van der Waals surface area contributed by atoms with Gasteiger partial charge >= 0.3 is 0 Å². The largest absolute Gasteiger partial charge is 0.484 e. The van der Waals surface area contributed by atoms with E-state index in [2.05, 4.69) is 49.0 Å². The summed E-state index contributed by atoms with van der Waals surface area (Å²) in [6, 6.07) is 15.1. The number of amides is 1. The van der Waals surface area contributed by atoms with Gasteiger partial charge in [-0.1, -0.05) is 34.1 Å². The molecule has 21 heavy (non-hydrogen) atoms. The minimum atomic E-state index is -0.308. The number of carbonyl (C=O) groups excluding carboxylic acids is 1. The van der Waals surface area contributed by atoms with E-state index in [-0.39, 0.29) is 12.5 Å². The number of nitrogens with zero attached hydrogens (tertiary/aromatic N) is 1. The molecule has 0 heterocycles. The molecule has 0 radical (unpaired) electrons. The summed E-state index contributed by atoms with van der Waals surface area (Å²) in [6.07, 6.45) is 1.58. The van der Waals surface area contributed by atoms with Gasteiger partial charge in [0, 0.05) is 13.6 Å². The lowest BCUT2D eigenvalue weighted by Crippen LogP contribution is -2.24. The van der Waals surface area contributed by atoms with Crippen molar-refractivity contribution in [2.24, 2.45) is 5.10 Å². The zero-order valence-corrected chi connectivity index (χ0v) is 14.7. The molecule has 0 atom stereocenters. The maximum Gasteiger partial charge on any atom is 0.277 e. The molecule has 0 aliphatic heterocycles. The number of rotatable bonds is 5. The molecule has 1 N–H and O–H groups in total. The Morgan fingerprint density at radius 3 is 2.67 bits per heavy atom. The monoisotopic (exact) mass is 458 g/mol. The quantitative estimate of drug-likeness (QED) is 0.423. The van der Waals surface area contributed by atoms with Crippen LogP contribution in [-0.2, 0) is 4.79 Å². The average molecular weight is 459 g/mol. The fourth-order valence-corrected chi connectivity index (χ4v) is 2.21. The van der Waals surface area contributed by atoms with E-state index < -0.39 is 0 Å². The van der Waals surface area contributed by atoms with Crippen molar-refractivity contribution in [1.29, 1.82) is 0 Å². The van der Waals surface area contributed by atoms with E-state index in [1.54, 1.807) is 6.21 Å². The Hall–Kier alpha value is -1.41. The molecule has 0 aliphatic carbocycles. The third-order valence-electron chi connectivity index (χ3n) is 2.48. The van der Waals surface area contributed by atoms with Gasteiger partial charge in [0.2, 0.25) is 0 Å². The number of halogens is 2. The highest BCUT2D eigenvalue weighted by atomic mass is 127. The summed E-state index contributed by atoms with van der Waals surface area (Å²) in [4.78, 5) is 11.6. The molecule has 0 spiro atoms. The van der Waals surface area contributed by atoms with Gasteiger partial charge in [-0.05, 0) is 52.9 Å². The number of hydrazone groups is 1. The van der Waals surface area contributed by atoms with Crippen LogP contribution in [0.3, 0.4) is 0 Å². The molecule has 2 aromatic rings. The molecule has 108 valence electrons. The standard InChI is InChI=1S/C15H12BrIN2O2/c16-14-4-2-1-3-11(14)9-18-19-15(20)10-21-13-7-5-12(17)6-8-13/h1-9H,10H2,(H,19,20)/b18-9+. The first kappa shape index (κ1) is 16.0. The van der Waals surface area contributed by atoms with Crippen molar-refractivity contribution in [2.45, 2.75) is 0 Å². The second-order valence-corrected chi connectivity index (χ2v) is 6.16. The molecule has 0 unspecified atom stereocenters.